The Bertz CT molecular complexity index is 834. The highest BCUT2D eigenvalue weighted by Crippen LogP contribution is 2.28. The van der Waals surface area contributed by atoms with E-state index in [9.17, 15) is 13.2 Å². The van der Waals surface area contributed by atoms with Crippen LogP contribution in [0.1, 0.15) is 18.9 Å². The van der Waals surface area contributed by atoms with Crippen LogP contribution in [0, 0.1) is 17.5 Å². The first kappa shape index (κ1) is 16.3. The van der Waals surface area contributed by atoms with E-state index in [1.165, 1.54) is 5.56 Å². The van der Waals surface area contributed by atoms with Crippen molar-refractivity contribution in [3.8, 4) is 22.3 Å². The molecule has 3 aromatic rings. The van der Waals surface area contributed by atoms with Gasteiger partial charge in [-0.2, -0.15) is 0 Å². The van der Waals surface area contributed by atoms with Gasteiger partial charge in [0.15, 0.2) is 11.6 Å². The van der Waals surface area contributed by atoms with Crippen LogP contribution in [0.15, 0.2) is 60.7 Å². The lowest BCUT2D eigenvalue weighted by molar-refractivity contribution is 0.497. The zero-order valence-corrected chi connectivity index (χ0v) is 13.3. The molecule has 0 aliphatic rings. The largest absolute Gasteiger partial charge is 0.207 e. The second kappa shape index (κ2) is 6.91. The SMILES string of the molecule is CCCc1ccc(-c2ccc(-c3cc(F)cc(F)c3F)cc2)cc1. The van der Waals surface area contributed by atoms with E-state index in [0.29, 0.717) is 11.6 Å². The Kier molecular flexibility index (Phi) is 4.70. The highest BCUT2D eigenvalue weighted by Gasteiger charge is 2.12. The first-order chi connectivity index (χ1) is 11.6. The molecule has 0 fully saturated rings. The highest BCUT2D eigenvalue weighted by atomic mass is 19.2. The van der Waals surface area contributed by atoms with Gasteiger partial charge in [0.2, 0.25) is 0 Å². The Morgan fingerprint density at radius 1 is 0.708 bits per heavy atom. The van der Waals surface area contributed by atoms with E-state index in [-0.39, 0.29) is 5.56 Å². The zero-order valence-electron chi connectivity index (χ0n) is 13.3. The van der Waals surface area contributed by atoms with Gasteiger partial charge in [-0.15, -0.1) is 0 Å². The summed E-state index contributed by atoms with van der Waals surface area (Å²) in [5.41, 5.74) is 3.68. The van der Waals surface area contributed by atoms with Gasteiger partial charge in [0.25, 0.3) is 0 Å². The van der Waals surface area contributed by atoms with Crippen LogP contribution in [0.4, 0.5) is 13.2 Å². The summed E-state index contributed by atoms with van der Waals surface area (Å²) in [6, 6.07) is 16.8. The Morgan fingerprint density at radius 2 is 1.25 bits per heavy atom. The van der Waals surface area contributed by atoms with Crippen molar-refractivity contribution in [2.24, 2.45) is 0 Å². The van der Waals surface area contributed by atoms with Crippen LogP contribution in [0.2, 0.25) is 0 Å². The molecule has 0 N–H and O–H groups in total. The molecular formula is C21H17F3. The molecule has 0 bridgehead atoms. The number of hydrogen-bond donors (Lipinski definition) is 0. The minimum atomic E-state index is -1.18. The molecular weight excluding hydrogens is 309 g/mol. The Morgan fingerprint density at radius 3 is 1.83 bits per heavy atom. The third kappa shape index (κ3) is 3.35. The number of hydrogen-bond acceptors (Lipinski definition) is 0. The van der Waals surface area contributed by atoms with Crippen molar-refractivity contribution < 1.29 is 13.2 Å². The predicted octanol–water partition coefficient (Wildman–Crippen LogP) is 6.39. The average molecular weight is 326 g/mol. The van der Waals surface area contributed by atoms with E-state index in [4.69, 9.17) is 0 Å². The van der Waals surface area contributed by atoms with Gasteiger partial charge < -0.3 is 0 Å². The molecule has 0 saturated heterocycles. The first-order valence-electron chi connectivity index (χ1n) is 7.93. The third-order valence-corrected chi connectivity index (χ3v) is 4.01. The van der Waals surface area contributed by atoms with Gasteiger partial charge >= 0.3 is 0 Å². The summed E-state index contributed by atoms with van der Waals surface area (Å²) in [5.74, 6) is -3.01. The summed E-state index contributed by atoms with van der Waals surface area (Å²) in [7, 11) is 0. The molecule has 0 spiro atoms. The van der Waals surface area contributed by atoms with Crippen LogP contribution in [0.25, 0.3) is 22.3 Å². The molecule has 3 heteroatoms. The maximum atomic E-state index is 13.9. The van der Waals surface area contributed by atoms with Crippen LogP contribution in [0.3, 0.4) is 0 Å². The van der Waals surface area contributed by atoms with Gasteiger partial charge in [0.05, 0.1) is 0 Å². The van der Waals surface area contributed by atoms with Crippen molar-refractivity contribution in [1.29, 1.82) is 0 Å². The third-order valence-electron chi connectivity index (χ3n) is 4.01. The van der Waals surface area contributed by atoms with Crippen LogP contribution in [0.5, 0.6) is 0 Å². The van der Waals surface area contributed by atoms with Crippen LogP contribution in [-0.2, 0) is 6.42 Å². The molecule has 0 nitrogen and oxygen atoms in total. The summed E-state index contributed by atoms with van der Waals surface area (Å²) < 4.78 is 40.6. The van der Waals surface area contributed by atoms with E-state index < -0.39 is 17.5 Å². The predicted molar refractivity (Wildman–Crippen MR) is 91.2 cm³/mol. The fourth-order valence-corrected chi connectivity index (χ4v) is 2.76. The molecule has 0 aliphatic carbocycles. The van der Waals surface area contributed by atoms with Gasteiger partial charge in [-0.25, -0.2) is 13.2 Å². The summed E-state index contributed by atoms with van der Waals surface area (Å²) in [6.45, 7) is 2.14. The van der Waals surface area contributed by atoms with Crippen molar-refractivity contribution in [2.75, 3.05) is 0 Å². The maximum absolute atomic E-state index is 13.9. The number of rotatable bonds is 4. The molecule has 0 heterocycles. The van der Waals surface area contributed by atoms with Crippen molar-refractivity contribution in [1.82, 2.24) is 0 Å². The van der Waals surface area contributed by atoms with E-state index in [1.807, 2.05) is 24.3 Å². The van der Waals surface area contributed by atoms with Crippen molar-refractivity contribution in [2.45, 2.75) is 19.8 Å². The molecule has 0 atom stereocenters. The second-order valence-electron chi connectivity index (χ2n) is 5.77. The summed E-state index contributed by atoms with van der Waals surface area (Å²) >= 11 is 0. The van der Waals surface area contributed by atoms with Gasteiger partial charge in [-0.3, -0.25) is 0 Å². The van der Waals surface area contributed by atoms with Gasteiger partial charge in [-0.05, 0) is 34.7 Å². The maximum Gasteiger partial charge on any atom is 0.166 e. The molecule has 0 radical (unpaired) electrons. The molecule has 3 rings (SSSR count). The standard InChI is InChI=1S/C21H17F3/c1-2-3-14-4-6-15(7-5-14)16-8-10-17(11-9-16)19-12-18(22)13-20(23)21(19)24/h4-13H,2-3H2,1H3. The van der Waals surface area contributed by atoms with E-state index >= 15 is 0 Å². The van der Waals surface area contributed by atoms with E-state index in [0.717, 1.165) is 30.0 Å². The van der Waals surface area contributed by atoms with Gasteiger partial charge in [0.1, 0.15) is 5.82 Å². The zero-order chi connectivity index (χ0) is 17.1. The van der Waals surface area contributed by atoms with E-state index in [2.05, 4.69) is 19.1 Å². The monoisotopic (exact) mass is 326 g/mol. The summed E-state index contributed by atoms with van der Waals surface area (Å²) in [4.78, 5) is 0. The summed E-state index contributed by atoms with van der Waals surface area (Å²) in [5, 5.41) is 0. The Hall–Kier alpha value is -2.55. The molecule has 0 unspecified atom stereocenters. The van der Waals surface area contributed by atoms with Crippen LogP contribution < -0.4 is 0 Å². The minimum Gasteiger partial charge on any atom is -0.207 e. The molecule has 24 heavy (non-hydrogen) atoms. The molecule has 0 aromatic heterocycles. The smallest absolute Gasteiger partial charge is 0.166 e. The van der Waals surface area contributed by atoms with Gasteiger partial charge in [-0.1, -0.05) is 61.9 Å². The first-order valence-corrected chi connectivity index (χ1v) is 7.93. The fraction of sp³-hybridized carbons (Fsp3) is 0.143. The molecule has 0 aliphatic heterocycles. The minimum absolute atomic E-state index is 0.0719. The lowest BCUT2D eigenvalue weighted by atomic mass is 9.98. The van der Waals surface area contributed by atoms with E-state index in [1.54, 1.807) is 12.1 Å². The Labute approximate surface area is 139 Å². The highest BCUT2D eigenvalue weighted by molar-refractivity contribution is 5.71. The fourth-order valence-electron chi connectivity index (χ4n) is 2.76. The lowest BCUT2D eigenvalue weighted by Gasteiger charge is -2.08. The van der Waals surface area contributed by atoms with Gasteiger partial charge in [0, 0.05) is 11.6 Å². The van der Waals surface area contributed by atoms with Crippen molar-refractivity contribution in [3.63, 3.8) is 0 Å². The van der Waals surface area contributed by atoms with Crippen molar-refractivity contribution in [3.05, 3.63) is 83.7 Å². The molecule has 0 saturated carbocycles. The molecule has 3 aromatic carbocycles. The Balaban J connectivity index is 1.91. The van der Waals surface area contributed by atoms with Crippen LogP contribution in [-0.4, -0.2) is 0 Å². The second-order valence-corrected chi connectivity index (χ2v) is 5.77. The lowest BCUT2D eigenvalue weighted by Crippen LogP contribution is -1.92. The normalized spacial score (nSPS) is 10.8. The van der Waals surface area contributed by atoms with Crippen LogP contribution >= 0.6 is 0 Å². The number of benzene rings is 3. The molecule has 0 amide bonds. The summed E-state index contributed by atoms with van der Waals surface area (Å²) in [6.07, 6.45) is 2.15. The quantitative estimate of drug-likeness (QED) is 0.487. The van der Waals surface area contributed by atoms with Crippen molar-refractivity contribution >= 4 is 0 Å². The topological polar surface area (TPSA) is 0 Å². The average Bonchev–Trinajstić information content (AvgIpc) is 2.59. The number of aryl methyl sites for hydroxylation is 1. The molecule has 122 valence electrons. The number of halogens is 3.